The molecule has 0 saturated carbocycles. The van der Waals surface area contributed by atoms with Gasteiger partial charge in [-0.1, -0.05) is 54.1 Å². The molecule has 2 aromatic carbocycles. The Morgan fingerprint density at radius 2 is 0.788 bits per heavy atom. The lowest BCUT2D eigenvalue weighted by Gasteiger charge is -2.23. The summed E-state index contributed by atoms with van der Waals surface area (Å²) >= 11 is 21.3. The van der Waals surface area contributed by atoms with Crippen molar-refractivity contribution in [1.82, 2.24) is 0 Å². The van der Waals surface area contributed by atoms with Gasteiger partial charge in [0.2, 0.25) is 0 Å². The summed E-state index contributed by atoms with van der Waals surface area (Å²) in [5.41, 5.74) is 5.39. The number of aliphatic hydroxyl groups is 2. The van der Waals surface area contributed by atoms with E-state index in [0.717, 1.165) is 54.2 Å². The third kappa shape index (κ3) is 7.62. The van der Waals surface area contributed by atoms with Gasteiger partial charge in [-0.2, -0.15) is 0 Å². The Bertz CT molecular complexity index is 782. The van der Waals surface area contributed by atoms with Crippen LogP contribution in [-0.4, -0.2) is 34.1 Å². The summed E-state index contributed by atoms with van der Waals surface area (Å²) in [4.78, 5) is 0. The first-order valence-electron chi connectivity index (χ1n) is 9.47. The number of halogens is 6. The summed E-state index contributed by atoms with van der Waals surface area (Å²) in [6.45, 7) is 0.0703. The molecule has 0 aromatic heterocycles. The maximum atomic E-state index is 9.34. The lowest BCUT2D eigenvalue weighted by atomic mass is 9.87. The minimum atomic E-state index is -0.359. The minimum Gasteiger partial charge on any atom is -0.396 e. The summed E-state index contributed by atoms with van der Waals surface area (Å²) in [5, 5.41) is 20.8. The SMILES string of the molecule is BrCC1(CBr)Cc2cc(Br)c(Br)cc2C1.C.C.C.OCC1(CO)Cc2cc(Br)c(Br)cc2C1. The lowest BCUT2D eigenvalue weighted by molar-refractivity contribution is 0.0634. The fraction of sp³-hybridized carbons (Fsp3) is 0.520. The Balaban J connectivity index is 0.000000569. The van der Waals surface area contributed by atoms with Crippen LogP contribution in [0.25, 0.3) is 0 Å². The summed E-state index contributed by atoms with van der Waals surface area (Å²) in [5.74, 6) is 0. The fourth-order valence-electron chi connectivity index (χ4n) is 4.16. The standard InChI is InChI=1S/C11H10Br4.C11H12Br2O2.3CH4/c12-5-11(6-13)3-7-1-9(14)10(15)2-8(7)4-11;12-9-1-7-3-11(5-14,6-15)4-8(7)2-10(9)13;;;/h1-2H,3-6H2;1-2,14-15H,3-6H2;3*1H4. The number of hydrogen-bond acceptors (Lipinski definition) is 2. The van der Waals surface area contributed by atoms with Crippen LogP contribution in [0.1, 0.15) is 44.5 Å². The van der Waals surface area contributed by atoms with E-state index in [-0.39, 0.29) is 40.9 Å². The van der Waals surface area contributed by atoms with Gasteiger partial charge in [0, 0.05) is 34.0 Å². The Morgan fingerprint density at radius 3 is 1.00 bits per heavy atom. The van der Waals surface area contributed by atoms with Gasteiger partial charge < -0.3 is 10.2 Å². The van der Waals surface area contributed by atoms with Crippen molar-refractivity contribution in [3.63, 3.8) is 0 Å². The molecule has 33 heavy (non-hydrogen) atoms. The van der Waals surface area contributed by atoms with Gasteiger partial charge in [0.1, 0.15) is 0 Å². The first kappa shape index (κ1) is 34.2. The molecule has 0 fully saturated rings. The van der Waals surface area contributed by atoms with Crippen LogP contribution < -0.4 is 0 Å². The number of hydrogen-bond donors (Lipinski definition) is 2. The molecule has 0 amide bonds. The molecule has 0 heterocycles. The second kappa shape index (κ2) is 14.3. The van der Waals surface area contributed by atoms with Crippen LogP contribution in [0.3, 0.4) is 0 Å². The molecular formula is C25H34Br6O2. The molecule has 2 N–H and O–H groups in total. The number of fused-ring (bicyclic) bond motifs is 2. The minimum absolute atomic E-state index is 0. The van der Waals surface area contributed by atoms with Gasteiger partial charge in [-0.15, -0.1) is 0 Å². The third-order valence-corrected chi connectivity index (χ3v) is 12.1. The Morgan fingerprint density at radius 1 is 0.545 bits per heavy atom. The lowest BCUT2D eigenvalue weighted by Crippen LogP contribution is -2.30. The van der Waals surface area contributed by atoms with E-state index in [1.807, 2.05) is 0 Å². The number of rotatable bonds is 4. The highest BCUT2D eigenvalue weighted by molar-refractivity contribution is 9.13. The van der Waals surface area contributed by atoms with Crippen molar-refractivity contribution < 1.29 is 10.2 Å². The summed E-state index contributed by atoms with van der Waals surface area (Å²) in [6.07, 6.45) is 3.82. The number of alkyl halides is 2. The van der Waals surface area contributed by atoms with E-state index in [1.165, 1.54) is 22.3 Å². The van der Waals surface area contributed by atoms with Gasteiger partial charge in [-0.25, -0.2) is 0 Å². The second-order valence-corrected chi connectivity index (χ2v) is 12.9. The van der Waals surface area contributed by atoms with E-state index >= 15 is 0 Å². The fourth-order valence-corrected chi connectivity index (χ4v) is 7.44. The topological polar surface area (TPSA) is 40.5 Å². The van der Waals surface area contributed by atoms with Crippen molar-refractivity contribution >= 4 is 95.6 Å². The molecule has 2 nitrogen and oxygen atoms in total. The van der Waals surface area contributed by atoms with E-state index in [4.69, 9.17) is 0 Å². The van der Waals surface area contributed by atoms with Crippen molar-refractivity contribution in [2.24, 2.45) is 10.8 Å². The molecule has 2 aliphatic carbocycles. The van der Waals surface area contributed by atoms with Crippen molar-refractivity contribution in [2.75, 3.05) is 23.9 Å². The maximum Gasteiger partial charge on any atom is 0.0515 e. The van der Waals surface area contributed by atoms with Gasteiger partial charge in [0.05, 0.1) is 13.2 Å². The largest absolute Gasteiger partial charge is 0.396 e. The average Bonchev–Trinajstić information content (AvgIpc) is 3.28. The molecule has 0 atom stereocenters. The van der Waals surface area contributed by atoms with Gasteiger partial charge in [-0.05, 0) is 141 Å². The molecule has 4 rings (SSSR count). The highest BCUT2D eigenvalue weighted by Gasteiger charge is 2.37. The first-order valence-corrected chi connectivity index (χ1v) is 14.9. The quantitative estimate of drug-likeness (QED) is 0.302. The van der Waals surface area contributed by atoms with Gasteiger partial charge in [-0.3, -0.25) is 0 Å². The van der Waals surface area contributed by atoms with Crippen LogP contribution in [0.15, 0.2) is 42.2 Å². The van der Waals surface area contributed by atoms with Gasteiger partial charge in [0.25, 0.3) is 0 Å². The monoisotopic (exact) mass is 840 g/mol. The zero-order valence-electron chi connectivity index (χ0n) is 16.1. The molecule has 8 heteroatoms. The van der Waals surface area contributed by atoms with Crippen molar-refractivity contribution in [3.8, 4) is 0 Å². The molecule has 2 aromatic rings. The van der Waals surface area contributed by atoms with Crippen molar-refractivity contribution in [1.29, 1.82) is 0 Å². The Hall–Kier alpha value is 1.24. The molecule has 2 aliphatic rings. The average molecular weight is 846 g/mol. The van der Waals surface area contributed by atoms with Crippen molar-refractivity contribution in [3.05, 3.63) is 64.4 Å². The molecule has 0 spiro atoms. The maximum absolute atomic E-state index is 9.34. The van der Waals surface area contributed by atoms with Crippen LogP contribution in [0, 0.1) is 10.8 Å². The van der Waals surface area contributed by atoms with Crippen LogP contribution >= 0.6 is 95.6 Å². The molecule has 0 bridgehead atoms. The van der Waals surface area contributed by atoms with E-state index in [0.29, 0.717) is 5.41 Å². The van der Waals surface area contributed by atoms with Crippen LogP contribution in [0.2, 0.25) is 0 Å². The summed E-state index contributed by atoms with van der Waals surface area (Å²) in [6, 6.07) is 8.61. The van der Waals surface area contributed by atoms with E-state index in [2.05, 4.69) is 120 Å². The van der Waals surface area contributed by atoms with Crippen molar-refractivity contribution in [2.45, 2.75) is 48.0 Å². The Kier molecular flexibility index (Phi) is 14.8. The smallest absolute Gasteiger partial charge is 0.0515 e. The molecule has 0 aliphatic heterocycles. The molecule has 188 valence electrons. The van der Waals surface area contributed by atoms with Gasteiger partial charge >= 0.3 is 0 Å². The molecular weight excluding hydrogens is 812 g/mol. The van der Waals surface area contributed by atoms with Crippen LogP contribution in [0.5, 0.6) is 0 Å². The highest BCUT2D eigenvalue weighted by atomic mass is 79.9. The predicted molar refractivity (Wildman–Crippen MR) is 165 cm³/mol. The second-order valence-electron chi connectivity index (χ2n) is 8.36. The molecule has 0 saturated heterocycles. The Labute approximate surface area is 250 Å². The van der Waals surface area contributed by atoms with E-state index in [9.17, 15) is 10.2 Å². The van der Waals surface area contributed by atoms with Crippen LogP contribution in [-0.2, 0) is 25.7 Å². The summed E-state index contributed by atoms with van der Waals surface area (Å²) in [7, 11) is 0. The first-order chi connectivity index (χ1) is 14.2. The molecule has 0 unspecified atom stereocenters. The van der Waals surface area contributed by atoms with E-state index < -0.39 is 0 Å². The van der Waals surface area contributed by atoms with Crippen LogP contribution in [0.4, 0.5) is 0 Å². The van der Waals surface area contributed by atoms with Gasteiger partial charge in [0.15, 0.2) is 0 Å². The van der Waals surface area contributed by atoms with E-state index in [1.54, 1.807) is 0 Å². The zero-order chi connectivity index (χ0) is 22.1. The molecule has 0 radical (unpaired) electrons. The normalized spacial score (nSPS) is 16.2. The highest BCUT2D eigenvalue weighted by Crippen LogP contribution is 2.43. The summed E-state index contributed by atoms with van der Waals surface area (Å²) < 4.78 is 4.35. The predicted octanol–water partition coefficient (Wildman–Crippen LogP) is 9.28. The third-order valence-electron chi connectivity index (χ3n) is 5.98. The number of aliphatic hydroxyl groups excluding tert-OH is 2. The zero-order valence-corrected chi connectivity index (χ0v) is 25.6. The number of benzene rings is 2.